The standard InChI is InChI=1S/C9H19N3O/c1-3-12-5-4-8(6-12)11-7(2)9(10)13/h7-8,11H,3-6H2,1-2H3,(H2,10,13). The first-order valence-corrected chi connectivity index (χ1v) is 4.91. The molecule has 1 rings (SSSR count). The molecule has 1 saturated heterocycles. The van der Waals surface area contributed by atoms with E-state index in [0.29, 0.717) is 6.04 Å². The summed E-state index contributed by atoms with van der Waals surface area (Å²) < 4.78 is 0. The smallest absolute Gasteiger partial charge is 0.234 e. The number of primary amides is 1. The molecule has 4 nitrogen and oxygen atoms in total. The zero-order valence-corrected chi connectivity index (χ0v) is 8.42. The second-order valence-electron chi connectivity index (χ2n) is 3.67. The van der Waals surface area contributed by atoms with Gasteiger partial charge in [0.25, 0.3) is 0 Å². The largest absolute Gasteiger partial charge is 0.368 e. The van der Waals surface area contributed by atoms with Gasteiger partial charge in [-0.15, -0.1) is 0 Å². The number of nitrogens with zero attached hydrogens (tertiary/aromatic N) is 1. The van der Waals surface area contributed by atoms with E-state index in [1.54, 1.807) is 0 Å². The van der Waals surface area contributed by atoms with Crippen molar-refractivity contribution in [2.45, 2.75) is 32.4 Å². The van der Waals surface area contributed by atoms with Crippen LogP contribution in [0.3, 0.4) is 0 Å². The van der Waals surface area contributed by atoms with Gasteiger partial charge in [-0.2, -0.15) is 0 Å². The first kappa shape index (κ1) is 10.5. The Morgan fingerprint density at radius 2 is 2.46 bits per heavy atom. The zero-order chi connectivity index (χ0) is 9.84. The van der Waals surface area contributed by atoms with E-state index in [2.05, 4.69) is 17.1 Å². The maximum atomic E-state index is 10.8. The molecule has 0 aliphatic carbocycles. The number of hydrogen-bond acceptors (Lipinski definition) is 3. The lowest BCUT2D eigenvalue weighted by molar-refractivity contribution is -0.119. The lowest BCUT2D eigenvalue weighted by Gasteiger charge is -2.17. The summed E-state index contributed by atoms with van der Waals surface area (Å²) >= 11 is 0. The Kier molecular flexibility index (Phi) is 3.69. The van der Waals surface area contributed by atoms with E-state index >= 15 is 0 Å². The molecule has 0 aromatic carbocycles. The van der Waals surface area contributed by atoms with E-state index in [-0.39, 0.29) is 11.9 Å². The molecule has 3 N–H and O–H groups in total. The second kappa shape index (κ2) is 4.58. The summed E-state index contributed by atoms with van der Waals surface area (Å²) in [6.45, 7) is 7.22. The third kappa shape index (κ3) is 2.97. The predicted octanol–water partition coefficient (Wildman–Crippen LogP) is -0.456. The van der Waals surface area contributed by atoms with Crippen LogP contribution in [0.4, 0.5) is 0 Å². The Bertz CT molecular complexity index is 184. The molecule has 0 aromatic heterocycles. The van der Waals surface area contributed by atoms with E-state index in [1.807, 2.05) is 6.92 Å². The Hall–Kier alpha value is -0.610. The summed E-state index contributed by atoms with van der Waals surface area (Å²) in [5.74, 6) is -0.269. The topological polar surface area (TPSA) is 58.4 Å². The molecule has 0 saturated carbocycles. The number of carbonyl (C=O) groups excluding carboxylic acids is 1. The Balaban J connectivity index is 2.27. The molecule has 2 atom stereocenters. The van der Waals surface area contributed by atoms with E-state index in [4.69, 9.17) is 5.73 Å². The van der Waals surface area contributed by atoms with Crippen molar-refractivity contribution < 1.29 is 4.79 Å². The maximum absolute atomic E-state index is 10.8. The minimum absolute atomic E-state index is 0.207. The molecule has 0 aromatic rings. The molecular formula is C9H19N3O. The highest BCUT2D eigenvalue weighted by molar-refractivity contribution is 5.79. The number of rotatable bonds is 4. The lowest BCUT2D eigenvalue weighted by Crippen LogP contribution is -2.45. The van der Waals surface area contributed by atoms with Crippen LogP contribution in [0.5, 0.6) is 0 Å². The van der Waals surface area contributed by atoms with Gasteiger partial charge in [0.2, 0.25) is 5.91 Å². The minimum atomic E-state index is -0.269. The van der Waals surface area contributed by atoms with Crippen molar-refractivity contribution in [1.29, 1.82) is 0 Å². The van der Waals surface area contributed by atoms with Gasteiger partial charge in [-0.1, -0.05) is 6.92 Å². The molecule has 1 heterocycles. The molecule has 2 unspecified atom stereocenters. The Labute approximate surface area is 79.5 Å². The third-order valence-electron chi connectivity index (χ3n) is 2.63. The van der Waals surface area contributed by atoms with Gasteiger partial charge >= 0.3 is 0 Å². The molecule has 1 aliphatic heterocycles. The summed E-state index contributed by atoms with van der Waals surface area (Å²) in [4.78, 5) is 13.2. The van der Waals surface area contributed by atoms with Crippen molar-refractivity contribution in [3.8, 4) is 0 Å². The minimum Gasteiger partial charge on any atom is -0.368 e. The summed E-state index contributed by atoms with van der Waals surface area (Å²) in [6, 6.07) is 0.226. The predicted molar refractivity (Wildman–Crippen MR) is 52.3 cm³/mol. The maximum Gasteiger partial charge on any atom is 0.234 e. The lowest BCUT2D eigenvalue weighted by atomic mass is 10.2. The fourth-order valence-corrected chi connectivity index (χ4v) is 1.69. The molecule has 1 aliphatic rings. The van der Waals surface area contributed by atoms with Gasteiger partial charge in [0.15, 0.2) is 0 Å². The first-order valence-electron chi connectivity index (χ1n) is 4.91. The molecule has 0 bridgehead atoms. The van der Waals surface area contributed by atoms with Crippen LogP contribution in [-0.2, 0) is 4.79 Å². The fourth-order valence-electron chi connectivity index (χ4n) is 1.69. The highest BCUT2D eigenvalue weighted by Crippen LogP contribution is 2.08. The van der Waals surface area contributed by atoms with Crippen LogP contribution in [0.15, 0.2) is 0 Å². The molecule has 1 amide bonds. The van der Waals surface area contributed by atoms with Gasteiger partial charge in [0.05, 0.1) is 6.04 Å². The van der Waals surface area contributed by atoms with Crippen molar-refractivity contribution in [1.82, 2.24) is 10.2 Å². The second-order valence-corrected chi connectivity index (χ2v) is 3.67. The van der Waals surface area contributed by atoms with Crippen LogP contribution in [0.1, 0.15) is 20.3 Å². The van der Waals surface area contributed by atoms with Crippen molar-refractivity contribution in [2.75, 3.05) is 19.6 Å². The number of carbonyl (C=O) groups is 1. The van der Waals surface area contributed by atoms with Crippen LogP contribution in [-0.4, -0.2) is 42.5 Å². The molecule has 4 heteroatoms. The van der Waals surface area contributed by atoms with Crippen molar-refractivity contribution in [3.63, 3.8) is 0 Å². The Morgan fingerprint density at radius 3 is 2.92 bits per heavy atom. The Morgan fingerprint density at radius 1 is 1.77 bits per heavy atom. The summed E-state index contributed by atoms with van der Waals surface area (Å²) in [5, 5.41) is 3.23. The van der Waals surface area contributed by atoms with Crippen LogP contribution in [0.25, 0.3) is 0 Å². The van der Waals surface area contributed by atoms with Gasteiger partial charge < -0.3 is 16.0 Å². The number of likely N-dealkylation sites (tertiary alicyclic amines) is 1. The van der Waals surface area contributed by atoms with Gasteiger partial charge in [0, 0.05) is 12.6 Å². The summed E-state index contributed by atoms with van der Waals surface area (Å²) in [6.07, 6.45) is 1.12. The van der Waals surface area contributed by atoms with Gasteiger partial charge in [-0.05, 0) is 26.4 Å². The highest BCUT2D eigenvalue weighted by Gasteiger charge is 2.23. The van der Waals surface area contributed by atoms with E-state index in [0.717, 1.165) is 26.1 Å². The van der Waals surface area contributed by atoms with E-state index in [9.17, 15) is 4.79 Å². The average molecular weight is 185 g/mol. The van der Waals surface area contributed by atoms with Crippen molar-refractivity contribution >= 4 is 5.91 Å². The molecule has 1 fully saturated rings. The number of likely N-dealkylation sites (N-methyl/N-ethyl adjacent to an activating group) is 1. The monoisotopic (exact) mass is 185 g/mol. The quantitative estimate of drug-likeness (QED) is 0.623. The number of amides is 1. The van der Waals surface area contributed by atoms with Crippen LogP contribution >= 0.6 is 0 Å². The van der Waals surface area contributed by atoms with Crippen LogP contribution in [0, 0.1) is 0 Å². The van der Waals surface area contributed by atoms with E-state index < -0.39 is 0 Å². The SMILES string of the molecule is CCN1CCC(NC(C)C(N)=O)C1. The highest BCUT2D eigenvalue weighted by atomic mass is 16.1. The number of nitrogens with one attached hydrogen (secondary N) is 1. The third-order valence-corrected chi connectivity index (χ3v) is 2.63. The van der Waals surface area contributed by atoms with Gasteiger partial charge in [0.1, 0.15) is 0 Å². The zero-order valence-electron chi connectivity index (χ0n) is 8.42. The average Bonchev–Trinajstić information content (AvgIpc) is 2.52. The van der Waals surface area contributed by atoms with Crippen molar-refractivity contribution in [2.24, 2.45) is 5.73 Å². The van der Waals surface area contributed by atoms with E-state index in [1.165, 1.54) is 0 Å². The van der Waals surface area contributed by atoms with Gasteiger partial charge in [-0.3, -0.25) is 4.79 Å². The normalized spacial score (nSPS) is 26.2. The molecular weight excluding hydrogens is 166 g/mol. The molecule has 0 spiro atoms. The molecule has 76 valence electrons. The molecule has 0 radical (unpaired) electrons. The van der Waals surface area contributed by atoms with Crippen LogP contribution in [0.2, 0.25) is 0 Å². The van der Waals surface area contributed by atoms with Gasteiger partial charge in [-0.25, -0.2) is 0 Å². The molecule has 13 heavy (non-hydrogen) atoms. The first-order chi connectivity index (χ1) is 6.13. The van der Waals surface area contributed by atoms with Crippen LogP contribution < -0.4 is 11.1 Å². The van der Waals surface area contributed by atoms with Crippen molar-refractivity contribution in [3.05, 3.63) is 0 Å². The number of nitrogens with two attached hydrogens (primary N) is 1. The fraction of sp³-hybridized carbons (Fsp3) is 0.889. The number of hydrogen-bond donors (Lipinski definition) is 2. The summed E-state index contributed by atoms with van der Waals surface area (Å²) in [7, 11) is 0. The summed E-state index contributed by atoms with van der Waals surface area (Å²) in [5.41, 5.74) is 5.17.